The maximum absolute atomic E-state index is 13.4. The average Bonchev–Trinajstić information content (AvgIpc) is 2.73. The molecule has 0 spiro atoms. The number of piperazine rings is 1. The molecule has 32 heavy (non-hydrogen) atoms. The van der Waals surface area contributed by atoms with Crippen LogP contribution in [-0.2, 0) is 14.8 Å². The lowest BCUT2D eigenvalue weighted by Crippen LogP contribution is -2.57. The number of benzene rings is 1. The van der Waals surface area contributed by atoms with Crippen LogP contribution >= 0.6 is 0 Å². The third-order valence-electron chi connectivity index (χ3n) is 6.06. The maximum Gasteiger partial charge on any atom is 0.410 e. The standard InChI is InChI=1S/C22H33N3O6S/c1-22(2,3)31-21(26)23-13-14-24(19(16-23)15-17-7-5-4-6-8-17)32(29,30)20-11-9-18(10-12-20)25(27)28/h9-12,17,19H,4-8,13-16H2,1-3H3/t19-/m0/s1. The van der Waals surface area contributed by atoms with Gasteiger partial charge in [0.2, 0.25) is 10.0 Å². The monoisotopic (exact) mass is 467 g/mol. The van der Waals surface area contributed by atoms with E-state index in [-0.39, 0.29) is 36.3 Å². The summed E-state index contributed by atoms with van der Waals surface area (Å²) in [6.07, 6.45) is 5.87. The van der Waals surface area contributed by atoms with Gasteiger partial charge in [-0.2, -0.15) is 4.31 Å². The first-order valence-electron chi connectivity index (χ1n) is 11.2. The second-order valence-electron chi connectivity index (χ2n) is 9.69. The Morgan fingerprint density at radius 3 is 2.31 bits per heavy atom. The molecular formula is C22H33N3O6S. The highest BCUT2D eigenvalue weighted by Crippen LogP contribution is 2.32. The minimum Gasteiger partial charge on any atom is -0.444 e. The summed E-state index contributed by atoms with van der Waals surface area (Å²) in [5, 5.41) is 10.9. The molecule has 178 valence electrons. The largest absolute Gasteiger partial charge is 0.444 e. The zero-order valence-corrected chi connectivity index (χ0v) is 19.8. The lowest BCUT2D eigenvalue weighted by Gasteiger charge is -2.42. The van der Waals surface area contributed by atoms with Gasteiger partial charge in [-0.05, 0) is 45.2 Å². The van der Waals surface area contributed by atoms with Gasteiger partial charge in [-0.1, -0.05) is 32.1 Å². The Kier molecular flexibility index (Phi) is 7.44. The van der Waals surface area contributed by atoms with E-state index in [4.69, 9.17) is 4.74 Å². The topological polar surface area (TPSA) is 110 Å². The van der Waals surface area contributed by atoms with Crippen molar-refractivity contribution >= 4 is 21.8 Å². The van der Waals surface area contributed by atoms with E-state index < -0.39 is 26.6 Å². The number of nitrogens with zero attached hydrogens (tertiary/aromatic N) is 3. The van der Waals surface area contributed by atoms with Gasteiger partial charge in [0.15, 0.2) is 0 Å². The van der Waals surface area contributed by atoms with Crippen LogP contribution < -0.4 is 0 Å². The number of rotatable bonds is 5. The molecule has 1 heterocycles. The number of hydrogen-bond donors (Lipinski definition) is 0. The fraction of sp³-hybridized carbons (Fsp3) is 0.682. The smallest absolute Gasteiger partial charge is 0.410 e. The lowest BCUT2D eigenvalue weighted by atomic mass is 9.84. The Bertz CT molecular complexity index is 920. The SMILES string of the molecule is CC(C)(C)OC(=O)N1CCN(S(=O)(=O)c2ccc([N+](=O)[O-])cc2)[C@@H](CC2CCCCC2)C1. The quantitative estimate of drug-likeness (QED) is 0.475. The number of hydrogen-bond acceptors (Lipinski definition) is 6. The van der Waals surface area contributed by atoms with E-state index in [1.54, 1.807) is 25.7 Å². The summed E-state index contributed by atoms with van der Waals surface area (Å²) in [6, 6.07) is 4.62. The van der Waals surface area contributed by atoms with Gasteiger partial charge in [-0.3, -0.25) is 10.1 Å². The molecule has 0 unspecified atom stereocenters. The molecule has 2 aliphatic rings. The molecule has 1 saturated carbocycles. The zero-order valence-electron chi connectivity index (χ0n) is 19.0. The van der Waals surface area contributed by atoms with E-state index in [1.165, 1.54) is 35.0 Å². The van der Waals surface area contributed by atoms with Crippen LogP contribution in [0.15, 0.2) is 29.2 Å². The minimum atomic E-state index is -3.86. The van der Waals surface area contributed by atoms with E-state index in [0.717, 1.165) is 25.7 Å². The number of non-ortho nitro benzene ring substituents is 1. The van der Waals surface area contributed by atoms with Crippen molar-refractivity contribution in [1.29, 1.82) is 0 Å². The summed E-state index contributed by atoms with van der Waals surface area (Å²) in [7, 11) is -3.86. The van der Waals surface area contributed by atoms with E-state index >= 15 is 0 Å². The van der Waals surface area contributed by atoms with Gasteiger partial charge in [0.1, 0.15) is 5.60 Å². The van der Waals surface area contributed by atoms with Crippen molar-refractivity contribution in [3.8, 4) is 0 Å². The van der Waals surface area contributed by atoms with Gasteiger partial charge in [0.05, 0.1) is 9.82 Å². The van der Waals surface area contributed by atoms with Crippen molar-refractivity contribution in [3.63, 3.8) is 0 Å². The molecule has 2 fully saturated rings. The molecule has 1 aliphatic heterocycles. The summed E-state index contributed by atoms with van der Waals surface area (Å²) in [5.74, 6) is 0.418. The predicted molar refractivity (Wildman–Crippen MR) is 120 cm³/mol. The normalized spacial score (nSPS) is 21.3. The van der Waals surface area contributed by atoms with Crippen LogP contribution in [0.3, 0.4) is 0 Å². The fourth-order valence-electron chi connectivity index (χ4n) is 4.52. The van der Waals surface area contributed by atoms with E-state index in [2.05, 4.69) is 0 Å². The van der Waals surface area contributed by atoms with Crippen LogP contribution in [0.5, 0.6) is 0 Å². The summed E-state index contributed by atoms with van der Waals surface area (Å²) in [5.41, 5.74) is -0.782. The molecule has 0 radical (unpaired) electrons. The number of nitro benzene ring substituents is 1. The molecule has 1 aliphatic carbocycles. The van der Waals surface area contributed by atoms with Crippen molar-refractivity contribution in [2.45, 2.75) is 75.8 Å². The summed E-state index contributed by atoms with van der Waals surface area (Å²) < 4.78 is 33.9. The molecule has 1 amide bonds. The number of nitro groups is 1. The van der Waals surface area contributed by atoms with Crippen LogP contribution in [0.25, 0.3) is 0 Å². The predicted octanol–water partition coefficient (Wildman–Crippen LogP) is 4.18. The van der Waals surface area contributed by atoms with Crippen molar-refractivity contribution in [2.24, 2.45) is 5.92 Å². The van der Waals surface area contributed by atoms with Gasteiger partial charge in [-0.25, -0.2) is 13.2 Å². The Balaban J connectivity index is 1.83. The fourth-order valence-corrected chi connectivity index (χ4v) is 6.14. The molecule has 9 nitrogen and oxygen atoms in total. The third-order valence-corrected chi connectivity index (χ3v) is 8.03. The molecule has 10 heteroatoms. The van der Waals surface area contributed by atoms with E-state index in [0.29, 0.717) is 12.3 Å². The van der Waals surface area contributed by atoms with Crippen molar-refractivity contribution in [2.75, 3.05) is 19.6 Å². The van der Waals surface area contributed by atoms with E-state index in [1.807, 2.05) is 0 Å². The molecule has 1 aromatic carbocycles. The van der Waals surface area contributed by atoms with Crippen LogP contribution in [0, 0.1) is 16.0 Å². The Hall–Kier alpha value is -2.20. The lowest BCUT2D eigenvalue weighted by molar-refractivity contribution is -0.384. The van der Waals surface area contributed by atoms with E-state index in [9.17, 15) is 23.3 Å². The van der Waals surface area contributed by atoms with Crippen LogP contribution in [0.1, 0.15) is 59.3 Å². The van der Waals surface area contributed by atoms with Gasteiger partial charge in [0, 0.05) is 37.8 Å². The van der Waals surface area contributed by atoms with Gasteiger partial charge in [0.25, 0.3) is 5.69 Å². The Morgan fingerprint density at radius 2 is 1.75 bits per heavy atom. The van der Waals surface area contributed by atoms with Crippen molar-refractivity contribution < 1.29 is 22.9 Å². The van der Waals surface area contributed by atoms with Gasteiger partial charge in [-0.15, -0.1) is 0 Å². The molecule has 0 bridgehead atoms. The summed E-state index contributed by atoms with van der Waals surface area (Å²) in [4.78, 5) is 24.7. The zero-order chi connectivity index (χ0) is 23.5. The molecular weight excluding hydrogens is 434 g/mol. The second-order valence-corrected chi connectivity index (χ2v) is 11.6. The Morgan fingerprint density at radius 1 is 1.12 bits per heavy atom. The molecule has 0 aromatic heterocycles. The first kappa shape index (κ1) is 24.4. The number of ether oxygens (including phenoxy) is 1. The molecule has 1 atom stereocenters. The highest BCUT2D eigenvalue weighted by atomic mass is 32.2. The van der Waals surface area contributed by atoms with Gasteiger partial charge < -0.3 is 9.64 Å². The summed E-state index contributed by atoms with van der Waals surface area (Å²) in [6.45, 7) is 6.09. The Labute approximate surface area is 189 Å². The number of carbonyl (C=O) groups is 1. The van der Waals surface area contributed by atoms with Crippen LogP contribution in [0.2, 0.25) is 0 Å². The highest BCUT2D eigenvalue weighted by molar-refractivity contribution is 7.89. The van der Waals surface area contributed by atoms with Crippen molar-refractivity contribution in [3.05, 3.63) is 34.4 Å². The number of sulfonamides is 1. The molecule has 1 saturated heterocycles. The molecule has 0 N–H and O–H groups in total. The molecule has 1 aromatic rings. The highest BCUT2D eigenvalue weighted by Gasteiger charge is 2.39. The first-order valence-corrected chi connectivity index (χ1v) is 12.7. The minimum absolute atomic E-state index is 0.0301. The molecule has 3 rings (SSSR count). The van der Waals surface area contributed by atoms with Gasteiger partial charge >= 0.3 is 6.09 Å². The summed E-state index contributed by atoms with van der Waals surface area (Å²) >= 11 is 0. The maximum atomic E-state index is 13.4. The number of carbonyl (C=O) groups excluding carboxylic acids is 1. The van der Waals surface area contributed by atoms with Crippen LogP contribution in [0.4, 0.5) is 10.5 Å². The second kappa shape index (κ2) is 9.74. The van der Waals surface area contributed by atoms with Crippen LogP contribution in [-0.4, -0.2) is 59.9 Å². The first-order chi connectivity index (χ1) is 15.0. The van der Waals surface area contributed by atoms with Crippen molar-refractivity contribution in [1.82, 2.24) is 9.21 Å². The third kappa shape index (κ3) is 5.98. The number of amides is 1. The average molecular weight is 468 g/mol.